The van der Waals surface area contributed by atoms with Gasteiger partial charge in [-0.15, -0.1) is 0 Å². The standard InChI is InChI=1S/C12H14FNO2/c1-12(7-16-8-12)6-14-11(15)9-3-2-4-10(13)5-9/h2-5H,6-8H2,1H3,(H,14,15). The monoisotopic (exact) mass is 223 g/mol. The Bertz CT molecular complexity index is 402. The summed E-state index contributed by atoms with van der Waals surface area (Å²) in [5, 5.41) is 2.78. The molecule has 1 saturated heterocycles. The summed E-state index contributed by atoms with van der Waals surface area (Å²) in [4.78, 5) is 11.7. The molecule has 0 aromatic heterocycles. The van der Waals surface area contributed by atoms with Gasteiger partial charge in [0.05, 0.1) is 13.2 Å². The Labute approximate surface area is 93.6 Å². The molecule has 0 saturated carbocycles. The first kappa shape index (κ1) is 11.1. The maximum Gasteiger partial charge on any atom is 0.251 e. The summed E-state index contributed by atoms with van der Waals surface area (Å²) in [5.41, 5.74) is 0.382. The number of hydrogen-bond acceptors (Lipinski definition) is 2. The lowest BCUT2D eigenvalue weighted by molar-refractivity contribution is -0.0978. The van der Waals surface area contributed by atoms with Gasteiger partial charge >= 0.3 is 0 Å². The van der Waals surface area contributed by atoms with Crippen molar-refractivity contribution in [3.63, 3.8) is 0 Å². The van der Waals surface area contributed by atoms with E-state index in [4.69, 9.17) is 4.74 Å². The predicted octanol–water partition coefficient (Wildman–Crippen LogP) is 1.59. The van der Waals surface area contributed by atoms with Gasteiger partial charge in [-0.2, -0.15) is 0 Å². The lowest BCUT2D eigenvalue weighted by Gasteiger charge is -2.38. The van der Waals surface area contributed by atoms with Crippen LogP contribution in [-0.4, -0.2) is 25.7 Å². The Hall–Kier alpha value is -1.42. The van der Waals surface area contributed by atoms with E-state index < -0.39 is 5.82 Å². The predicted molar refractivity (Wildman–Crippen MR) is 57.7 cm³/mol. The third kappa shape index (κ3) is 2.39. The van der Waals surface area contributed by atoms with E-state index >= 15 is 0 Å². The minimum atomic E-state index is -0.397. The van der Waals surface area contributed by atoms with Crippen LogP contribution in [0.5, 0.6) is 0 Å². The fourth-order valence-electron chi connectivity index (χ4n) is 1.58. The number of hydrogen-bond donors (Lipinski definition) is 1. The Morgan fingerprint density at radius 2 is 2.31 bits per heavy atom. The third-order valence-corrected chi connectivity index (χ3v) is 2.66. The Balaban J connectivity index is 1.93. The first-order chi connectivity index (χ1) is 7.59. The van der Waals surface area contributed by atoms with Crippen molar-refractivity contribution in [2.45, 2.75) is 6.92 Å². The van der Waals surface area contributed by atoms with Crippen molar-refractivity contribution in [1.82, 2.24) is 5.32 Å². The van der Waals surface area contributed by atoms with Crippen molar-refractivity contribution in [3.8, 4) is 0 Å². The molecule has 2 rings (SSSR count). The topological polar surface area (TPSA) is 38.3 Å². The summed E-state index contributed by atoms with van der Waals surface area (Å²) in [6.07, 6.45) is 0. The highest BCUT2D eigenvalue weighted by Crippen LogP contribution is 2.25. The summed E-state index contributed by atoms with van der Waals surface area (Å²) in [6, 6.07) is 5.67. The van der Waals surface area contributed by atoms with Gasteiger partial charge < -0.3 is 10.1 Å². The smallest absolute Gasteiger partial charge is 0.251 e. The molecule has 1 aromatic carbocycles. The average molecular weight is 223 g/mol. The molecule has 1 N–H and O–H groups in total. The van der Waals surface area contributed by atoms with Crippen molar-refractivity contribution < 1.29 is 13.9 Å². The van der Waals surface area contributed by atoms with Gasteiger partial charge in [0.15, 0.2) is 0 Å². The second-order valence-electron chi connectivity index (χ2n) is 4.50. The van der Waals surface area contributed by atoms with Crippen LogP contribution in [0.2, 0.25) is 0 Å². The summed E-state index contributed by atoms with van der Waals surface area (Å²) < 4.78 is 18.0. The molecule has 0 unspecified atom stereocenters. The number of carbonyl (C=O) groups is 1. The molecule has 1 aliphatic rings. The molecule has 0 bridgehead atoms. The molecule has 0 radical (unpaired) electrons. The normalized spacial score (nSPS) is 17.6. The quantitative estimate of drug-likeness (QED) is 0.845. The first-order valence-corrected chi connectivity index (χ1v) is 5.21. The number of rotatable bonds is 3. The van der Waals surface area contributed by atoms with E-state index in [0.29, 0.717) is 25.3 Å². The van der Waals surface area contributed by atoms with E-state index in [2.05, 4.69) is 5.32 Å². The maximum absolute atomic E-state index is 12.9. The third-order valence-electron chi connectivity index (χ3n) is 2.66. The molecule has 1 aromatic rings. The lowest BCUT2D eigenvalue weighted by Crippen LogP contribution is -2.48. The fourth-order valence-corrected chi connectivity index (χ4v) is 1.58. The Kier molecular flexibility index (Phi) is 2.92. The molecule has 1 aliphatic heterocycles. The molecule has 16 heavy (non-hydrogen) atoms. The van der Waals surface area contributed by atoms with Crippen molar-refractivity contribution >= 4 is 5.91 Å². The first-order valence-electron chi connectivity index (χ1n) is 5.21. The van der Waals surface area contributed by atoms with Crippen molar-refractivity contribution in [1.29, 1.82) is 0 Å². The van der Waals surface area contributed by atoms with E-state index in [1.807, 2.05) is 6.92 Å². The minimum Gasteiger partial charge on any atom is -0.380 e. The number of ether oxygens (including phenoxy) is 1. The molecular formula is C12H14FNO2. The van der Waals surface area contributed by atoms with E-state index in [9.17, 15) is 9.18 Å². The number of nitrogens with one attached hydrogen (secondary N) is 1. The van der Waals surface area contributed by atoms with Gasteiger partial charge in [-0.1, -0.05) is 13.0 Å². The van der Waals surface area contributed by atoms with Gasteiger partial charge in [0.2, 0.25) is 0 Å². The number of carbonyl (C=O) groups excluding carboxylic acids is 1. The molecule has 1 fully saturated rings. The van der Waals surface area contributed by atoms with Crippen molar-refractivity contribution in [3.05, 3.63) is 35.6 Å². The molecule has 4 heteroatoms. The fraction of sp³-hybridized carbons (Fsp3) is 0.417. The molecule has 0 spiro atoms. The average Bonchev–Trinajstić information content (AvgIpc) is 2.23. The van der Waals surface area contributed by atoms with Gasteiger partial charge in [0.1, 0.15) is 5.82 Å². The van der Waals surface area contributed by atoms with Crippen LogP contribution in [0, 0.1) is 11.2 Å². The highest BCUT2D eigenvalue weighted by Gasteiger charge is 2.33. The van der Waals surface area contributed by atoms with E-state index in [1.165, 1.54) is 18.2 Å². The van der Waals surface area contributed by atoms with Gasteiger partial charge in [0, 0.05) is 17.5 Å². The Morgan fingerprint density at radius 3 is 2.88 bits per heavy atom. The van der Waals surface area contributed by atoms with Gasteiger partial charge in [-0.05, 0) is 18.2 Å². The lowest BCUT2D eigenvalue weighted by atomic mass is 9.88. The zero-order valence-electron chi connectivity index (χ0n) is 9.13. The van der Waals surface area contributed by atoms with E-state index in [0.717, 1.165) is 0 Å². The molecule has 3 nitrogen and oxygen atoms in total. The van der Waals surface area contributed by atoms with Crippen LogP contribution in [0.4, 0.5) is 4.39 Å². The van der Waals surface area contributed by atoms with Crippen LogP contribution in [0.15, 0.2) is 24.3 Å². The van der Waals surface area contributed by atoms with E-state index in [-0.39, 0.29) is 11.3 Å². The number of amides is 1. The molecule has 1 heterocycles. The van der Waals surface area contributed by atoms with Crippen molar-refractivity contribution in [2.75, 3.05) is 19.8 Å². The largest absolute Gasteiger partial charge is 0.380 e. The zero-order chi connectivity index (χ0) is 11.6. The second kappa shape index (κ2) is 4.22. The van der Waals surface area contributed by atoms with Crippen LogP contribution in [0.3, 0.4) is 0 Å². The maximum atomic E-state index is 12.9. The summed E-state index contributed by atoms with van der Waals surface area (Å²) >= 11 is 0. The number of benzene rings is 1. The van der Waals surface area contributed by atoms with Gasteiger partial charge in [-0.3, -0.25) is 4.79 Å². The second-order valence-corrected chi connectivity index (χ2v) is 4.50. The SMILES string of the molecule is CC1(CNC(=O)c2cccc(F)c2)COC1. The summed E-state index contributed by atoms with van der Waals surface area (Å²) in [6.45, 7) is 3.93. The highest BCUT2D eigenvalue weighted by atomic mass is 19.1. The van der Waals surface area contributed by atoms with Crippen LogP contribution >= 0.6 is 0 Å². The van der Waals surface area contributed by atoms with Gasteiger partial charge in [-0.25, -0.2) is 4.39 Å². The number of halogens is 1. The van der Waals surface area contributed by atoms with Crippen LogP contribution in [-0.2, 0) is 4.74 Å². The summed E-state index contributed by atoms with van der Waals surface area (Å²) in [5.74, 6) is -0.640. The van der Waals surface area contributed by atoms with Crippen molar-refractivity contribution in [2.24, 2.45) is 5.41 Å². The van der Waals surface area contributed by atoms with Crippen LogP contribution in [0.1, 0.15) is 17.3 Å². The highest BCUT2D eigenvalue weighted by molar-refractivity contribution is 5.94. The molecule has 0 aliphatic carbocycles. The minimum absolute atomic E-state index is 0.0307. The Morgan fingerprint density at radius 1 is 1.56 bits per heavy atom. The molecule has 86 valence electrons. The molecule has 0 atom stereocenters. The molecular weight excluding hydrogens is 209 g/mol. The van der Waals surface area contributed by atoms with Crippen LogP contribution < -0.4 is 5.32 Å². The van der Waals surface area contributed by atoms with Crippen LogP contribution in [0.25, 0.3) is 0 Å². The van der Waals surface area contributed by atoms with Gasteiger partial charge in [0.25, 0.3) is 5.91 Å². The zero-order valence-corrected chi connectivity index (χ0v) is 9.13. The molecule has 1 amide bonds. The summed E-state index contributed by atoms with van der Waals surface area (Å²) in [7, 11) is 0. The van der Waals surface area contributed by atoms with E-state index in [1.54, 1.807) is 6.07 Å².